The van der Waals surface area contributed by atoms with Crippen LogP contribution in [0.2, 0.25) is 0 Å². The molecular formula is C19H23F6N3O6. The lowest BCUT2D eigenvalue weighted by Crippen LogP contribution is -2.46. The zero-order valence-corrected chi connectivity index (χ0v) is 18.0. The summed E-state index contributed by atoms with van der Waals surface area (Å²) >= 11 is 0. The highest BCUT2D eigenvalue weighted by atomic mass is 19.4. The quantitative estimate of drug-likeness (QED) is 0.536. The topological polar surface area (TPSA) is 129 Å². The average molecular weight is 503 g/mol. The van der Waals surface area contributed by atoms with Gasteiger partial charge < -0.3 is 20.3 Å². The summed E-state index contributed by atoms with van der Waals surface area (Å²) in [5.74, 6) is -3.44. The first-order chi connectivity index (χ1) is 15.6. The van der Waals surface area contributed by atoms with Crippen molar-refractivity contribution in [2.75, 3.05) is 26.7 Å². The number of rotatable bonds is 3. The summed E-state index contributed by atoms with van der Waals surface area (Å²) in [5, 5.41) is 17.3. The zero-order valence-electron chi connectivity index (χ0n) is 18.0. The van der Waals surface area contributed by atoms with Gasteiger partial charge in [0.15, 0.2) is 0 Å². The van der Waals surface area contributed by atoms with Crippen LogP contribution in [-0.2, 0) is 20.9 Å². The first-order valence-corrected chi connectivity index (χ1v) is 9.66. The number of piperidine rings is 1. The number of carboxylic acid groups (broad SMARTS) is 2. The molecule has 0 spiro atoms. The fourth-order valence-electron chi connectivity index (χ4n) is 3.46. The monoisotopic (exact) mass is 503 g/mol. The predicted octanol–water partition coefficient (Wildman–Crippen LogP) is 2.17. The van der Waals surface area contributed by atoms with Crippen LogP contribution in [0.4, 0.5) is 26.3 Å². The summed E-state index contributed by atoms with van der Waals surface area (Å²) in [4.78, 5) is 36.2. The molecule has 0 radical (unpaired) electrons. The molecule has 0 bridgehead atoms. The Kier molecular flexibility index (Phi) is 10.1. The second-order valence-corrected chi connectivity index (χ2v) is 7.43. The Hall–Kier alpha value is -3.10. The van der Waals surface area contributed by atoms with E-state index in [4.69, 9.17) is 24.5 Å². The van der Waals surface area contributed by atoms with Crippen LogP contribution >= 0.6 is 0 Å². The Morgan fingerprint density at radius 2 is 1.68 bits per heavy atom. The molecule has 1 amide bonds. The largest absolute Gasteiger partial charge is 0.490 e. The van der Waals surface area contributed by atoms with Crippen LogP contribution in [0.3, 0.4) is 0 Å². The molecule has 1 aromatic heterocycles. The third-order valence-electron chi connectivity index (χ3n) is 5.08. The number of pyridine rings is 1. The van der Waals surface area contributed by atoms with Gasteiger partial charge in [0, 0.05) is 43.9 Å². The molecule has 3 heterocycles. The molecule has 15 heteroatoms. The molecule has 9 nitrogen and oxygen atoms in total. The normalized spacial score (nSPS) is 22.2. The van der Waals surface area contributed by atoms with Crippen molar-refractivity contribution in [1.82, 2.24) is 15.2 Å². The van der Waals surface area contributed by atoms with Gasteiger partial charge in [-0.15, -0.1) is 0 Å². The van der Waals surface area contributed by atoms with Crippen LogP contribution in [0.1, 0.15) is 12.5 Å². The van der Waals surface area contributed by atoms with E-state index in [0.717, 1.165) is 31.7 Å². The van der Waals surface area contributed by atoms with Crippen molar-refractivity contribution < 1.29 is 55.7 Å². The Morgan fingerprint density at radius 1 is 1.15 bits per heavy atom. The number of amides is 1. The summed E-state index contributed by atoms with van der Waals surface area (Å²) < 4.78 is 68.8. The highest BCUT2D eigenvalue weighted by Crippen LogP contribution is 2.33. The second-order valence-electron chi connectivity index (χ2n) is 7.43. The Morgan fingerprint density at radius 3 is 2.15 bits per heavy atom. The van der Waals surface area contributed by atoms with Crippen LogP contribution in [0.15, 0.2) is 18.3 Å². The predicted molar refractivity (Wildman–Crippen MR) is 103 cm³/mol. The molecule has 2 aliphatic heterocycles. The van der Waals surface area contributed by atoms with Gasteiger partial charge in [-0.2, -0.15) is 26.3 Å². The minimum absolute atomic E-state index is 0.120. The standard InChI is InChI=1S/C15H21N3O2.2C2HF3O2/c1-10-13-9-18(8-12(13)6-17-14(10)19)7-11-4-3-5-16-15(11)20-2;2*3-2(4,5)1(6)7/h3-5,10,12-13H,6-9H2,1-2H3,(H,17,19);2*(H,6,7)/t10-,12+,13+;;/m1../s1. The molecule has 1 aromatic rings. The fraction of sp³-hybridized carbons (Fsp3) is 0.579. The van der Waals surface area contributed by atoms with Gasteiger partial charge in [0.1, 0.15) is 0 Å². The van der Waals surface area contributed by atoms with Crippen LogP contribution in [0.5, 0.6) is 5.88 Å². The Balaban J connectivity index is 0.000000343. The molecule has 2 fully saturated rings. The summed E-state index contributed by atoms with van der Waals surface area (Å²) in [6, 6.07) is 4.00. The number of nitrogens with one attached hydrogen (secondary N) is 1. The second kappa shape index (κ2) is 11.9. The third kappa shape index (κ3) is 8.68. The minimum atomic E-state index is -5.08. The van der Waals surface area contributed by atoms with Gasteiger partial charge in [-0.3, -0.25) is 9.69 Å². The molecule has 0 aromatic carbocycles. The number of likely N-dealkylation sites (tertiary alicyclic amines) is 1. The molecule has 3 atom stereocenters. The highest BCUT2D eigenvalue weighted by Gasteiger charge is 2.42. The Labute approximate surface area is 189 Å². The lowest BCUT2D eigenvalue weighted by Gasteiger charge is -2.30. The number of hydrogen-bond acceptors (Lipinski definition) is 6. The van der Waals surface area contributed by atoms with Crippen LogP contribution in [-0.4, -0.2) is 77.0 Å². The molecule has 0 saturated carbocycles. The first-order valence-electron chi connectivity index (χ1n) is 9.66. The Bertz CT molecular complexity index is 840. The minimum Gasteiger partial charge on any atom is -0.481 e. The number of carbonyl (C=O) groups is 3. The highest BCUT2D eigenvalue weighted by molar-refractivity contribution is 5.79. The third-order valence-corrected chi connectivity index (χ3v) is 5.08. The van der Waals surface area contributed by atoms with Crippen molar-refractivity contribution in [1.29, 1.82) is 0 Å². The van der Waals surface area contributed by atoms with E-state index in [9.17, 15) is 31.1 Å². The van der Waals surface area contributed by atoms with E-state index in [-0.39, 0.29) is 11.8 Å². The molecule has 0 unspecified atom stereocenters. The number of nitrogens with zero attached hydrogens (tertiary/aromatic N) is 2. The molecule has 2 aliphatic rings. The van der Waals surface area contributed by atoms with E-state index in [0.29, 0.717) is 17.7 Å². The number of hydrogen-bond donors (Lipinski definition) is 3. The van der Waals surface area contributed by atoms with Crippen molar-refractivity contribution in [3.8, 4) is 5.88 Å². The summed E-state index contributed by atoms with van der Waals surface area (Å²) in [7, 11) is 1.65. The number of fused-ring (bicyclic) bond motifs is 1. The number of aromatic nitrogens is 1. The zero-order chi connectivity index (χ0) is 26.3. The van der Waals surface area contributed by atoms with Crippen molar-refractivity contribution in [3.63, 3.8) is 0 Å². The van der Waals surface area contributed by atoms with Gasteiger partial charge in [0.05, 0.1) is 7.11 Å². The van der Waals surface area contributed by atoms with E-state index in [2.05, 4.69) is 21.3 Å². The molecule has 3 N–H and O–H groups in total. The number of carbonyl (C=O) groups excluding carboxylic acids is 1. The number of halogens is 6. The van der Waals surface area contributed by atoms with E-state index in [1.54, 1.807) is 13.3 Å². The number of methoxy groups -OCH3 is 1. The van der Waals surface area contributed by atoms with Crippen LogP contribution < -0.4 is 10.1 Å². The van der Waals surface area contributed by atoms with E-state index >= 15 is 0 Å². The van der Waals surface area contributed by atoms with Crippen molar-refractivity contribution in [2.24, 2.45) is 17.8 Å². The molecule has 34 heavy (non-hydrogen) atoms. The molecule has 3 rings (SSSR count). The van der Waals surface area contributed by atoms with Crippen LogP contribution in [0, 0.1) is 17.8 Å². The molecular weight excluding hydrogens is 480 g/mol. The number of aliphatic carboxylic acids is 2. The lowest BCUT2D eigenvalue weighted by molar-refractivity contribution is -0.193. The number of carboxylic acids is 2. The molecule has 2 saturated heterocycles. The summed E-state index contributed by atoms with van der Waals surface area (Å²) in [5.41, 5.74) is 1.11. The fourth-order valence-corrected chi connectivity index (χ4v) is 3.46. The first kappa shape index (κ1) is 28.9. The summed E-state index contributed by atoms with van der Waals surface area (Å²) in [6.07, 6.45) is -8.42. The number of ether oxygens (including phenoxy) is 1. The van der Waals surface area contributed by atoms with E-state index in [1.165, 1.54) is 0 Å². The van der Waals surface area contributed by atoms with Gasteiger partial charge in [0.25, 0.3) is 0 Å². The maximum Gasteiger partial charge on any atom is 0.490 e. The summed E-state index contributed by atoms with van der Waals surface area (Å²) in [6.45, 7) is 5.71. The SMILES string of the molecule is COc1ncccc1CN1C[C@@H]2CNC(=O)[C@H](C)[C@@H]2C1.O=C(O)C(F)(F)F.O=C(O)C(F)(F)F. The van der Waals surface area contributed by atoms with Crippen molar-refractivity contribution in [2.45, 2.75) is 25.8 Å². The lowest BCUT2D eigenvalue weighted by atomic mass is 9.81. The average Bonchev–Trinajstić information content (AvgIpc) is 3.14. The number of alkyl halides is 6. The maximum absolute atomic E-state index is 11.7. The van der Waals surface area contributed by atoms with E-state index in [1.807, 2.05) is 13.0 Å². The van der Waals surface area contributed by atoms with Crippen molar-refractivity contribution in [3.05, 3.63) is 23.9 Å². The van der Waals surface area contributed by atoms with Gasteiger partial charge in [-0.1, -0.05) is 13.0 Å². The van der Waals surface area contributed by atoms with Gasteiger partial charge in [0.2, 0.25) is 11.8 Å². The van der Waals surface area contributed by atoms with Crippen LogP contribution in [0.25, 0.3) is 0 Å². The molecule has 0 aliphatic carbocycles. The van der Waals surface area contributed by atoms with E-state index < -0.39 is 24.3 Å². The van der Waals surface area contributed by atoms with Gasteiger partial charge in [-0.25, -0.2) is 14.6 Å². The van der Waals surface area contributed by atoms with Gasteiger partial charge in [-0.05, 0) is 17.9 Å². The maximum atomic E-state index is 11.7. The molecule has 192 valence electrons. The smallest absolute Gasteiger partial charge is 0.481 e. The van der Waals surface area contributed by atoms with Gasteiger partial charge >= 0.3 is 24.3 Å². The van der Waals surface area contributed by atoms with Crippen molar-refractivity contribution >= 4 is 17.8 Å².